The number of carbonyl (C=O) groups is 1. The first-order valence-corrected chi connectivity index (χ1v) is 8.92. The highest BCUT2D eigenvalue weighted by Gasteiger charge is 2.14. The maximum Gasteiger partial charge on any atom is 0.290 e. The first-order chi connectivity index (χ1) is 11.5. The molecule has 1 aromatic heterocycles. The summed E-state index contributed by atoms with van der Waals surface area (Å²) in [6.07, 6.45) is 6.29. The summed E-state index contributed by atoms with van der Waals surface area (Å²) in [5.74, 6) is 0.989. The summed E-state index contributed by atoms with van der Waals surface area (Å²) in [7, 11) is 0. The van der Waals surface area contributed by atoms with Gasteiger partial charge >= 0.3 is 0 Å². The number of rotatable bonds is 7. The lowest BCUT2D eigenvalue weighted by Gasteiger charge is -2.13. The molecule has 0 aliphatic heterocycles. The topological polar surface area (TPSA) is 33.0 Å². The van der Waals surface area contributed by atoms with Gasteiger partial charge in [-0.3, -0.25) is 4.79 Å². The number of nitrogens with zero attached hydrogens (tertiary/aromatic N) is 1. The molecule has 3 heteroatoms. The van der Waals surface area contributed by atoms with E-state index in [1.165, 1.54) is 11.1 Å². The molecule has 0 spiro atoms. The molecule has 1 amide bonds. The van der Waals surface area contributed by atoms with Crippen LogP contribution in [0.15, 0.2) is 48.8 Å². The number of carbonyl (C=O) groups excluding carboxylic acids is 1. The molecule has 0 saturated carbocycles. The van der Waals surface area contributed by atoms with E-state index in [1.54, 1.807) is 0 Å². The second kappa shape index (κ2) is 8.62. The Hall–Kier alpha value is -2.16. The van der Waals surface area contributed by atoms with Crippen molar-refractivity contribution in [1.82, 2.24) is 0 Å². The van der Waals surface area contributed by atoms with Crippen LogP contribution in [-0.2, 0) is 11.3 Å². The van der Waals surface area contributed by atoms with Crippen LogP contribution in [0.3, 0.4) is 0 Å². The number of hydrogen-bond donors (Lipinski definition) is 1. The summed E-state index contributed by atoms with van der Waals surface area (Å²) >= 11 is 0. The molecule has 2 aromatic rings. The Morgan fingerprint density at radius 3 is 2.25 bits per heavy atom. The standard InChI is InChI=1S/C21H28N2O/c1-5-17(6-2)18-11-13-23(14-12-18)15-21(24)22-20-10-8-7-9-19(20)16(3)4/h7-14,16-17H,5-6,15H2,1-4H3/p+1. The molecule has 0 atom stereocenters. The van der Waals surface area contributed by atoms with Gasteiger partial charge in [0.25, 0.3) is 5.91 Å². The summed E-state index contributed by atoms with van der Waals surface area (Å²) in [5.41, 5.74) is 3.42. The Labute approximate surface area is 145 Å². The zero-order chi connectivity index (χ0) is 17.5. The molecule has 2 rings (SSSR count). The third-order valence-electron chi connectivity index (χ3n) is 4.56. The van der Waals surface area contributed by atoms with E-state index >= 15 is 0 Å². The van der Waals surface area contributed by atoms with Gasteiger partial charge in [0, 0.05) is 17.8 Å². The molecule has 128 valence electrons. The number of nitrogens with one attached hydrogen (secondary N) is 1. The van der Waals surface area contributed by atoms with Crippen molar-refractivity contribution in [2.45, 2.75) is 58.9 Å². The minimum absolute atomic E-state index is 0.00313. The van der Waals surface area contributed by atoms with Gasteiger partial charge in [-0.15, -0.1) is 0 Å². The van der Waals surface area contributed by atoms with Crippen molar-refractivity contribution in [2.24, 2.45) is 0 Å². The smallest absolute Gasteiger partial charge is 0.290 e. The SMILES string of the molecule is CCC(CC)c1cc[n+](CC(=O)Nc2ccccc2C(C)C)cc1. The lowest BCUT2D eigenvalue weighted by atomic mass is 9.95. The quantitative estimate of drug-likeness (QED) is 0.739. The predicted molar refractivity (Wildman–Crippen MR) is 99.1 cm³/mol. The minimum atomic E-state index is 0.00313. The number of hydrogen-bond acceptors (Lipinski definition) is 1. The molecular weight excluding hydrogens is 296 g/mol. The van der Waals surface area contributed by atoms with Gasteiger partial charge in [-0.1, -0.05) is 45.9 Å². The normalized spacial score (nSPS) is 11.1. The lowest BCUT2D eigenvalue weighted by molar-refractivity contribution is -0.684. The number of aromatic nitrogens is 1. The van der Waals surface area contributed by atoms with Crippen LogP contribution >= 0.6 is 0 Å². The van der Waals surface area contributed by atoms with Crippen molar-refractivity contribution in [1.29, 1.82) is 0 Å². The van der Waals surface area contributed by atoms with Crippen molar-refractivity contribution in [2.75, 3.05) is 5.32 Å². The zero-order valence-corrected chi connectivity index (χ0v) is 15.3. The highest BCUT2D eigenvalue weighted by Crippen LogP contribution is 2.23. The van der Waals surface area contributed by atoms with E-state index < -0.39 is 0 Å². The van der Waals surface area contributed by atoms with E-state index in [-0.39, 0.29) is 5.91 Å². The molecule has 0 bridgehead atoms. The molecule has 3 nitrogen and oxygen atoms in total. The van der Waals surface area contributed by atoms with Gasteiger partial charge in [0.2, 0.25) is 6.54 Å². The summed E-state index contributed by atoms with van der Waals surface area (Å²) in [4.78, 5) is 12.4. The molecule has 24 heavy (non-hydrogen) atoms. The molecule has 0 radical (unpaired) electrons. The number of pyridine rings is 1. The first kappa shape index (κ1) is 18.2. The van der Waals surface area contributed by atoms with Gasteiger partial charge in [-0.2, -0.15) is 4.57 Å². The third kappa shape index (κ3) is 4.67. The number of para-hydroxylation sites is 1. The van der Waals surface area contributed by atoms with Crippen LogP contribution in [0.2, 0.25) is 0 Å². The maximum absolute atomic E-state index is 12.4. The highest BCUT2D eigenvalue weighted by atomic mass is 16.1. The van der Waals surface area contributed by atoms with E-state index in [9.17, 15) is 4.79 Å². The van der Waals surface area contributed by atoms with Crippen LogP contribution in [-0.4, -0.2) is 5.91 Å². The highest BCUT2D eigenvalue weighted by molar-refractivity contribution is 5.90. The molecule has 0 unspecified atom stereocenters. The summed E-state index contributed by atoms with van der Waals surface area (Å²) in [5, 5.41) is 3.04. The summed E-state index contributed by atoms with van der Waals surface area (Å²) in [6, 6.07) is 12.3. The summed E-state index contributed by atoms with van der Waals surface area (Å²) < 4.78 is 1.93. The van der Waals surface area contributed by atoms with Crippen LogP contribution in [0, 0.1) is 0 Å². The fraction of sp³-hybridized carbons (Fsp3) is 0.429. The lowest BCUT2D eigenvalue weighted by Crippen LogP contribution is -2.39. The Morgan fingerprint density at radius 1 is 1.04 bits per heavy atom. The fourth-order valence-electron chi connectivity index (χ4n) is 3.08. The first-order valence-electron chi connectivity index (χ1n) is 8.92. The molecule has 1 N–H and O–H groups in total. The molecular formula is C21H29N2O+. The molecule has 0 aliphatic rings. The van der Waals surface area contributed by atoms with Crippen molar-refractivity contribution in [3.05, 3.63) is 59.9 Å². The Bertz CT molecular complexity index is 658. The molecule has 0 saturated heterocycles. The Kier molecular flexibility index (Phi) is 6.53. The van der Waals surface area contributed by atoms with Gasteiger partial charge in [0.15, 0.2) is 12.4 Å². The van der Waals surface area contributed by atoms with E-state index in [4.69, 9.17) is 0 Å². The van der Waals surface area contributed by atoms with Crippen LogP contribution in [0.4, 0.5) is 5.69 Å². The van der Waals surface area contributed by atoms with Crippen molar-refractivity contribution in [3.63, 3.8) is 0 Å². The fourth-order valence-corrected chi connectivity index (χ4v) is 3.08. The molecule has 0 aliphatic carbocycles. The number of amides is 1. The average Bonchev–Trinajstić information content (AvgIpc) is 2.57. The predicted octanol–water partition coefficient (Wildman–Crippen LogP) is 4.64. The van der Waals surface area contributed by atoms with E-state index in [2.05, 4.69) is 51.2 Å². The average molecular weight is 325 g/mol. The number of benzene rings is 1. The second-order valence-electron chi connectivity index (χ2n) is 6.61. The van der Waals surface area contributed by atoms with Gasteiger partial charge in [0.05, 0.1) is 0 Å². The number of anilines is 1. The van der Waals surface area contributed by atoms with Crippen LogP contribution < -0.4 is 9.88 Å². The van der Waals surface area contributed by atoms with Gasteiger partial charge < -0.3 is 5.32 Å². The third-order valence-corrected chi connectivity index (χ3v) is 4.56. The zero-order valence-electron chi connectivity index (χ0n) is 15.3. The molecule has 1 heterocycles. The van der Waals surface area contributed by atoms with Crippen molar-refractivity contribution >= 4 is 11.6 Å². The van der Waals surface area contributed by atoms with Gasteiger partial charge in [-0.25, -0.2) is 0 Å². The van der Waals surface area contributed by atoms with Crippen molar-refractivity contribution in [3.8, 4) is 0 Å². The van der Waals surface area contributed by atoms with E-state index in [1.807, 2.05) is 35.2 Å². The largest absolute Gasteiger partial charge is 0.320 e. The van der Waals surface area contributed by atoms with Crippen LogP contribution in [0.25, 0.3) is 0 Å². The Balaban J connectivity index is 2.03. The maximum atomic E-state index is 12.4. The second-order valence-corrected chi connectivity index (χ2v) is 6.61. The van der Waals surface area contributed by atoms with Crippen molar-refractivity contribution < 1.29 is 9.36 Å². The van der Waals surface area contributed by atoms with E-state index in [0.717, 1.165) is 18.5 Å². The van der Waals surface area contributed by atoms with E-state index in [0.29, 0.717) is 18.4 Å². The molecule has 1 aromatic carbocycles. The van der Waals surface area contributed by atoms with Crippen LogP contribution in [0.5, 0.6) is 0 Å². The van der Waals surface area contributed by atoms with Gasteiger partial charge in [-0.05, 0) is 41.9 Å². The van der Waals surface area contributed by atoms with Gasteiger partial charge in [0.1, 0.15) is 0 Å². The summed E-state index contributed by atoms with van der Waals surface area (Å²) in [6.45, 7) is 9.03. The molecule has 0 fully saturated rings. The monoisotopic (exact) mass is 325 g/mol. The Morgan fingerprint density at radius 2 is 1.67 bits per heavy atom. The van der Waals surface area contributed by atoms with Crippen LogP contribution in [0.1, 0.15) is 63.5 Å². The minimum Gasteiger partial charge on any atom is -0.320 e.